The van der Waals surface area contributed by atoms with Gasteiger partial charge in [0, 0.05) is 36.8 Å². The Morgan fingerprint density at radius 1 is 1.55 bits per heavy atom. The number of aryl methyl sites for hydroxylation is 1. The van der Waals surface area contributed by atoms with Crippen molar-refractivity contribution in [1.82, 2.24) is 20.0 Å². The highest BCUT2D eigenvalue weighted by atomic mass is 32.1. The molecule has 1 aliphatic rings. The predicted octanol–water partition coefficient (Wildman–Crippen LogP) is 1.33. The van der Waals surface area contributed by atoms with Crippen LogP contribution >= 0.6 is 11.3 Å². The van der Waals surface area contributed by atoms with E-state index in [-0.39, 0.29) is 11.9 Å². The molecule has 5 nitrogen and oxygen atoms in total. The van der Waals surface area contributed by atoms with E-state index in [1.165, 1.54) is 10.4 Å². The molecule has 106 valence electrons. The summed E-state index contributed by atoms with van der Waals surface area (Å²) in [5.74, 6) is 0.123. The monoisotopic (exact) mass is 290 g/mol. The molecule has 0 radical (unpaired) electrons. The zero-order valence-corrected chi connectivity index (χ0v) is 12.5. The van der Waals surface area contributed by atoms with Crippen molar-refractivity contribution in [3.05, 3.63) is 39.8 Å². The van der Waals surface area contributed by atoms with Crippen LogP contribution in [-0.4, -0.2) is 34.2 Å². The normalized spacial score (nSPS) is 16.0. The summed E-state index contributed by atoms with van der Waals surface area (Å²) < 4.78 is 1.72. The number of fused-ring (bicyclic) bond motifs is 1. The molecule has 6 heteroatoms. The van der Waals surface area contributed by atoms with Crippen molar-refractivity contribution in [3.8, 4) is 0 Å². The summed E-state index contributed by atoms with van der Waals surface area (Å²) in [5, 5.41) is 9.36. The number of carbonyl (C=O) groups is 1. The van der Waals surface area contributed by atoms with Crippen LogP contribution in [0.3, 0.4) is 0 Å². The molecule has 1 atom stereocenters. The smallest absolute Gasteiger partial charge is 0.244 e. The number of carbonyl (C=O) groups excluding carboxylic acids is 1. The van der Waals surface area contributed by atoms with Gasteiger partial charge in [0.25, 0.3) is 0 Å². The Bertz CT molecular complexity index is 618. The summed E-state index contributed by atoms with van der Waals surface area (Å²) in [4.78, 5) is 16.0. The summed E-state index contributed by atoms with van der Waals surface area (Å²) in [6.45, 7) is 1.51. The Labute approximate surface area is 122 Å². The van der Waals surface area contributed by atoms with Crippen LogP contribution in [0.25, 0.3) is 0 Å². The Hall–Kier alpha value is -1.66. The molecule has 0 aromatic carbocycles. The second kappa shape index (κ2) is 5.38. The lowest BCUT2D eigenvalue weighted by Crippen LogP contribution is -2.42. The first-order chi connectivity index (χ1) is 9.69. The van der Waals surface area contributed by atoms with Gasteiger partial charge in [-0.1, -0.05) is 0 Å². The lowest BCUT2D eigenvalue weighted by Gasteiger charge is -2.30. The third kappa shape index (κ3) is 2.36. The molecule has 1 amide bonds. The number of nitrogens with one attached hydrogen (secondary N) is 1. The Morgan fingerprint density at radius 3 is 3.10 bits per heavy atom. The third-order valence-corrected chi connectivity index (χ3v) is 4.74. The summed E-state index contributed by atoms with van der Waals surface area (Å²) in [6.07, 6.45) is 4.60. The molecule has 1 aliphatic heterocycles. The van der Waals surface area contributed by atoms with E-state index in [0.29, 0.717) is 0 Å². The third-order valence-electron chi connectivity index (χ3n) is 3.71. The Kier molecular flexibility index (Phi) is 3.58. The highest BCUT2D eigenvalue weighted by Gasteiger charge is 2.28. The molecule has 1 N–H and O–H groups in total. The van der Waals surface area contributed by atoms with Crippen molar-refractivity contribution < 1.29 is 4.79 Å². The van der Waals surface area contributed by atoms with E-state index in [2.05, 4.69) is 21.9 Å². The first-order valence-electron chi connectivity index (χ1n) is 6.69. The summed E-state index contributed by atoms with van der Waals surface area (Å²) in [6, 6.07) is 1.81. The molecule has 3 rings (SSSR count). The van der Waals surface area contributed by atoms with Crippen LogP contribution in [0.15, 0.2) is 23.8 Å². The predicted molar refractivity (Wildman–Crippen MR) is 78.4 cm³/mol. The van der Waals surface area contributed by atoms with Crippen molar-refractivity contribution >= 4 is 17.2 Å². The lowest BCUT2D eigenvalue weighted by atomic mass is 10.1. The molecule has 1 unspecified atom stereocenters. The molecule has 2 aromatic heterocycles. The van der Waals surface area contributed by atoms with Crippen molar-refractivity contribution in [3.63, 3.8) is 0 Å². The van der Waals surface area contributed by atoms with Crippen molar-refractivity contribution in [2.45, 2.75) is 19.0 Å². The van der Waals surface area contributed by atoms with Gasteiger partial charge in [-0.05, 0) is 30.5 Å². The van der Waals surface area contributed by atoms with E-state index >= 15 is 0 Å². The molecule has 3 heterocycles. The van der Waals surface area contributed by atoms with Crippen LogP contribution in [0.5, 0.6) is 0 Å². The topological polar surface area (TPSA) is 50.2 Å². The van der Waals surface area contributed by atoms with E-state index in [0.717, 1.165) is 25.1 Å². The fraction of sp³-hybridized carbons (Fsp3) is 0.429. The largest absolute Gasteiger partial charge is 0.336 e. The minimum atomic E-state index is -0.316. The van der Waals surface area contributed by atoms with E-state index in [1.54, 1.807) is 22.2 Å². The highest BCUT2D eigenvalue weighted by molar-refractivity contribution is 7.10. The number of nitrogens with zero attached hydrogens (tertiary/aromatic N) is 3. The number of likely N-dealkylation sites (N-methyl/N-ethyl adjacent to an activating group) is 1. The van der Waals surface area contributed by atoms with Gasteiger partial charge in [0.1, 0.15) is 6.04 Å². The van der Waals surface area contributed by atoms with Crippen LogP contribution in [0.1, 0.15) is 22.0 Å². The Morgan fingerprint density at radius 2 is 2.40 bits per heavy atom. The lowest BCUT2D eigenvalue weighted by molar-refractivity contribution is -0.134. The molecule has 0 bridgehead atoms. The van der Waals surface area contributed by atoms with Gasteiger partial charge in [0.2, 0.25) is 5.91 Å². The highest BCUT2D eigenvalue weighted by Crippen LogP contribution is 2.26. The summed E-state index contributed by atoms with van der Waals surface area (Å²) >= 11 is 1.79. The molecule has 0 saturated heterocycles. The minimum Gasteiger partial charge on any atom is -0.336 e. The van der Waals surface area contributed by atoms with Gasteiger partial charge in [-0.3, -0.25) is 9.48 Å². The number of hydrogen-bond donors (Lipinski definition) is 1. The van der Waals surface area contributed by atoms with Crippen molar-refractivity contribution in [2.24, 2.45) is 7.05 Å². The van der Waals surface area contributed by atoms with Crippen LogP contribution in [0, 0.1) is 0 Å². The number of thiophene rings is 1. The zero-order chi connectivity index (χ0) is 14.1. The second-order valence-corrected chi connectivity index (χ2v) is 6.05. The van der Waals surface area contributed by atoms with E-state index < -0.39 is 0 Å². The number of aromatic nitrogens is 2. The van der Waals surface area contributed by atoms with Crippen molar-refractivity contribution in [2.75, 3.05) is 13.6 Å². The van der Waals surface area contributed by atoms with Gasteiger partial charge >= 0.3 is 0 Å². The molecule has 2 aromatic rings. The fourth-order valence-electron chi connectivity index (χ4n) is 2.64. The first kappa shape index (κ1) is 13.3. The fourth-order valence-corrected chi connectivity index (χ4v) is 3.53. The zero-order valence-electron chi connectivity index (χ0n) is 11.7. The van der Waals surface area contributed by atoms with E-state index in [9.17, 15) is 4.79 Å². The van der Waals surface area contributed by atoms with Crippen LogP contribution in [-0.2, 0) is 24.8 Å². The average Bonchev–Trinajstić information content (AvgIpc) is 3.07. The van der Waals surface area contributed by atoms with Crippen molar-refractivity contribution in [1.29, 1.82) is 0 Å². The van der Waals surface area contributed by atoms with Gasteiger partial charge in [-0.15, -0.1) is 11.3 Å². The summed E-state index contributed by atoms with van der Waals surface area (Å²) in [7, 11) is 3.68. The SMILES string of the molecule is CNC(C(=O)N1CCc2sccc2C1)c1cnn(C)c1. The average molecular weight is 290 g/mol. The van der Waals surface area contributed by atoms with Crippen LogP contribution in [0.2, 0.25) is 0 Å². The number of rotatable bonds is 3. The van der Waals surface area contributed by atoms with Crippen LogP contribution < -0.4 is 5.32 Å². The maximum Gasteiger partial charge on any atom is 0.244 e. The van der Waals surface area contributed by atoms with Gasteiger partial charge in [0.15, 0.2) is 0 Å². The van der Waals surface area contributed by atoms with Crippen LogP contribution in [0.4, 0.5) is 0 Å². The van der Waals surface area contributed by atoms with Gasteiger partial charge < -0.3 is 10.2 Å². The molecule has 0 aliphatic carbocycles. The Balaban J connectivity index is 1.78. The van der Waals surface area contributed by atoms with Gasteiger partial charge in [-0.25, -0.2) is 0 Å². The summed E-state index contributed by atoms with van der Waals surface area (Å²) in [5.41, 5.74) is 2.20. The minimum absolute atomic E-state index is 0.123. The first-order valence-corrected chi connectivity index (χ1v) is 7.57. The van der Waals surface area contributed by atoms with Gasteiger partial charge in [-0.2, -0.15) is 5.10 Å². The number of hydrogen-bond acceptors (Lipinski definition) is 4. The number of amides is 1. The van der Waals surface area contributed by atoms with E-state index in [4.69, 9.17) is 0 Å². The van der Waals surface area contributed by atoms with Gasteiger partial charge in [0.05, 0.1) is 6.20 Å². The standard InChI is InChI=1S/C14H18N4OS/c1-15-13(11-7-16-17(2)8-11)14(19)18-5-3-12-10(9-18)4-6-20-12/h4,6-8,13,15H,3,5,9H2,1-2H3. The van der Waals surface area contributed by atoms with E-state index in [1.807, 2.05) is 25.2 Å². The molecule has 0 fully saturated rings. The quantitative estimate of drug-likeness (QED) is 0.928. The molecule has 0 saturated carbocycles. The molecule has 0 spiro atoms. The maximum atomic E-state index is 12.7. The molecule has 20 heavy (non-hydrogen) atoms. The molecular formula is C14H18N4OS. The second-order valence-electron chi connectivity index (χ2n) is 5.05. The maximum absolute atomic E-state index is 12.7. The molecular weight excluding hydrogens is 272 g/mol.